The molecule has 0 aromatic carbocycles. The summed E-state index contributed by atoms with van der Waals surface area (Å²) < 4.78 is 1.65. The van der Waals surface area contributed by atoms with Crippen LogP contribution in [0.4, 0.5) is 0 Å². The fourth-order valence-electron chi connectivity index (χ4n) is 0.319. The summed E-state index contributed by atoms with van der Waals surface area (Å²) in [5, 5.41) is 7.39. The summed E-state index contributed by atoms with van der Waals surface area (Å²) in [6.07, 6.45) is 1.85. The Morgan fingerprint density at radius 3 is 2.22 bits per heavy atom. The average molecular weight is 239 g/mol. The maximum atomic E-state index is 3.72. The third-order valence-corrected chi connectivity index (χ3v) is 1.05. The minimum atomic E-state index is 0.953. The molecular formula is C5H10IN3. The SMILES string of the molecule is CC.Cc1cn(I)nn1. The summed E-state index contributed by atoms with van der Waals surface area (Å²) in [7, 11) is 0. The summed E-state index contributed by atoms with van der Waals surface area (Å²) in [5.74, 6) is 0. The van der Waals surface area contributed by atoms with Crippen LogP contribution in [0.3, 0.4) is 0 Å². The molecule has 0 aliphatic carbocycles. The average Bonchev–Trinajstić information content (AvgIpc) is 2.20. The number of aryl methyl sites for hydroxylation is 1. The van der Waals surface area contributed by atoms with Crippen LogP contribution in [0.5, 0.6) is 0 Å². The molecule has 0 aliphatic rings. The van der Waals surface area contributed by atoms with E-state index in [9.17, 15) is 0 Å². The van der Waals surface area contributed by atoms with Gasteiger partial charge in [-0.05, 0) is 6.92 Å². The predicted octanol–water partition coefficient (Wildman–Crippen LogP) is 1.81. The molecule has 0 bridgehead atoms. The largest absolute Gasteiger partial charge is 0.191 e. The summed E-state index contributed by atoms with van der Waals surface area (Å²) in [5.41, 5.74) is 0.953. The molecule has 52 valence electrons. The molecule has 1 aromatic heterocycles. The van der Waals surface area contributed by atoms with Crippen molar-refractivity contribution >= 4 is 22.9 Å². The summed E-state index contributed by atoms with van der Waals surface area (Å²) in [6.45, 7) is 5.90. The number of halogens is 1. The van der Waals surface area contributed by atoms with Crippen molar-refractivity contribution in [3.63, 3.8) is 0 Å². The lowest BCUT2D eigenvalue weighted by atomic mass is 10.6. The van der Waals surface area contributed by atoms with Gasteiger partial charge < -0.3 is 0 Å². The van der Waals surface area contributed by atoms with Gasteiger partial charge in [0.25, 0.3) is 0 Å². The number of nitrogens with zero attached hydrogens (tertiary/aromatic N) is 3. The van der Waals surface area contributed by atoms with E-state index in [1.165, 1.54) is 0 Å². The van der Waals surface area contributed by atoms with Crippen LogP contribution in [-0.4, -0.2) is 13.2 Å². The van der Waals surface area contributed by atoms with Crippen molar-refractivity contribution in [2.45, 2.75) is 20.8 Å². The van der Waals surface area contributed by atoms with E-state index in [0.29, 0.717) is 0 Å². The van der Waals surface area contributed by atoms with E-state index in [2.05, 4.69) is 10.3 Å². The van der Waals surface area contributed by atoms with Gasteiger partial charge in [0.05, 0.1) is 34.8 Å². The fourth-order valence-corrected chi connectivity index (χ4v) is 0.819. The van der Waals surface area contributed by atoms with Crippen molar-refractivity contribution in [3.05, 3.63) is 11.9 Å². The molecule has 0 unspecified atom stereocenters. The lowest BCUT2D eigenvalue weighted by Gasteiger charge is -1.71. The summed E-state index contributed by atoms with van der Waals surface area (Å²) >= 11 is 2.04. The second-order valence-electron chi connectivity index (χ2n) is 1.25. The van der Waals surface area contributed by atoms with Gasteiger partial charge in [-0.15, -0.1) is 5.10 Å². The van der Waals surface area contributed by atoms with Crippen molar-refractivity contribution in [2.24, 2.45) is 0 Å². The molecule has 0 N–H and O–H groups in total. The second kappa shape index (κ2) is 4.72. The lowest BCUT2D eigenvalue weighted by Crippen LogP contribution is -1.75. The van der Waals surface area contributed by atoms with Crippen molar-refractivity contribution in [1.29, 1.82) is 0 Å². The van der Waals surface area contributed by atoms with Gasteiger partial charge in [0.15, 0.2) is 0 Å². The normalized spacial score (nSPS) is 8.00. The molecule has 1 rings (SSSR count). The Morgan fingerprint density at radius 2 is 2.11 bits per heavy atom. The van der Waals surface area contributed by atoms with Crippen molar-refractivity contribution in [2.75, 3.05) is 0 Å². The molecule has 0 aliphatic heterocycles. The molecule has 1 aromatic rings. The van der Waals surface area contributed by atoms with Crippen LogP contribution in [0.25, 0.3) is 0 Å². The smallest absolute Gasteiger partial charge is 0.0863 e. The molecule has 0 atom stereocenters. The molecule has 9 heavy (non-hydrogen) atoms. The van der Waals surface area contributed by atoms with Crippen LogP contribution in [0.2, 0.25) is 0 Å². The van der Waals surface area contributed by atoms with Gasteiger partial charge in [-0.2, -0.15) is 2.90 Å². The highest BCUT2D eigenvalue weighted by atomic mass is 127. The van der Waals surface area contributed by atoms with Gasteiger partial charge in [-0.3, -0.25) is 0 Å². The Bertz CT molecular complexity index is 144. The first-order valence-electron chi connectivity index (χ1n) is 2.84. The Kier molecular flexibility index (Phi) is 4.65. The maximum absolute atomic E-state index is 3.72. The van der Waals surface area contributed by atoms with Gasteiger partial charge in [0.2, 0.25) is 0 Å². The minimum absolute atomic E-state index is 0.953. The van der Waals surface area contributed by atoms with Crippen LogP contribution in [-0.2, 0) is 0 Å². The zero-order valence-electron chi connectivity index (χ0n) is 5.80. The predicted molar refractivity (Wildman–Crippen MR) is 45.5 cm³/mol. The standard InChI is InChI=1S/C3H4IN3.C2H6/c1-3-2-7(4)6-5-3;1-2/h2H,1H3;1-2H3. The van der Waals surface area contributed by atoms with Gasteiger partial charge in [0.1, 0.15) is 0 Å². The highest BCUT2D eigenvalue weighted by Gasteiger charge is 1.85. The molecular weight excluding hydrogens is 229 g/mol. The molecule has 0 fully saturated rings. The van der Waals surface area contributed by atoms with E-state index < -0.39 is 0 Å². The second-order valence-corrected chi connectivity index (χ2v) is 2.24. The lowest BCUT2D eigenvalue weighted by molar-refractivity contribution is 0.909. The first-order chi connectivity index (χ1) is 4.29. The van der Waals surface area contributed by atoms with Crippen LogP contribution >= 0.6 is 22.9 Å². The first kappa shape index (κ1) is 8.87. The molecule has 1 heterocycles. The van der Waals surface area contributed by atoms with Gasteiger partial charge in [-0.25, -0.2) is 0 Å². The van der Waals surface area contributed by atoms with Crippen LogP contribution in [0.15, 0.2) is 6.20 Å². The fraction of sp³-hybridized carbons (Fsp3) is 0.600. The molecule has 0 saturated heterocycles. The number of rotatable bonds is 0. The third kappa shape index (κ3) is 3.45. The van der Waals surface area contributed by atoms with Gasteiger partial charge in [-0.1, -0.05) is 19.1 Å². The third-order valence-electron chi connectivity index (χ3n) is 0.581. The van der Waals surface area contributed by atoms with E-state index in [1.807, 2.05) is 49.8 Å². The van der Waals surface area contributed by atoms with Crippen molar-refractivity contribution in [1.82, 2.24) is 13.2 Å². The Morgan fingerprint density at radius 1 is 1.56 bits per heavy atom. The quantitative estimate of drug-likeness (QED) is 0.646. The minimum Gasteiger partial charge on any atom is -0.191 e. The number of aromatic nitrogens is 3. The number of hydrogen-bond acceptors (Lipinski definition) is 2. The van der Waals surface area contributed by atoms with Crippen molar-refractivity contribution < 1.29 is 0 Å². The Labute approximate surface area is 68.9 Å². The molecule has 0 amide bonds. The molecule has 0 spiro atoms. The zero-order valence-corrected chi connectivity index (χ0v) is 7.95. The zero-order chi connectivity index (χ0) is 7.28. The van der Waals surface area contributed by atoms with E-state index in [4.69, 9.17) is 0 Å². The van der Waals surface area contributed by atoms with Gasteiger partial charge >= 0.3 is 0 Å². The summed E-state index contributed by atoms with van der Waals surface area (Å²) in [6, 6.07) is 0. The van der Waals surface area contributed by atoms with E-state index >= 15 is 0 Å². The summed E-state index contributed by atoms with van der Waals surface area (Å²) in [4.78, 5) is 0. The highest BCUT2D eigenvalue weighted by Crippen LogP contribution is 1.91. The molecule has 0 radical (unpaired) electrons. The van der Waals surface area contributed by atoms with E-state index in [1.54, 1.807) is 2.90 Å². The van der Waals surface area contributed by atoms with Crippen LogP contribution in [0, 0.1) is 6.92 Å². The monoisotopic (exact) mass is 239 g/mol. The topological polar surface area (TPSA) is 30.7 Å². The first-order valence-corrected chi connectivity index (χ1v) is 3.80. The molecule has 4 heteroatoms. The molecule has 3 nitrogen and oxygen atoms in total. The highest BCUT2D eigenvalue weighted by molar-refractivity contribution is 14.1. The Balaban J connectivity index is 0.000000291. The number of hydrogen-bond donors (Lipinski definition) is 0. The molecule has 0 saturated carbocycles. The van der Waals surface area contributed by atoms with Crippen LogP contribution in [0.1, 0.15) is 19.5 Å². The van der Waals surface area contributed by atoms with Gasteiger partial charge in [0, 0.05) is 0 Å². The van der Waals surface area contributed by atoms with Crippen molar-refractivity contribution in [3.8, 4) is 0 Å². The van der Waals surface area contributed by atoms with Crippen LogP contribution < -0.4 is 0 Å². The van der Waals surface area contributed by atoms with E-state index in [0.717, 1.165) is 5.69 Å². The van der Waals surface area contributed by atoms with E-state index in [-0.39, 0.29) is 0 Å². The Hall–Kier alpha value is -0.130. The maximum Gasteiger partial charge on any atom is 0.0863 e.